The molecule has 24 heavy (non-hydrogen) atoms. The highest BCUT2D eigenvalue weighted by Crippen LogP contribution is 2.16. The molecular formula is C18H26N4OS. The third-order valence-electron chi connectivity index (χ3n) is 3.54. The minimum absolute atomic E-state index is 0.681. The molecule has 130 valence electrons. The van der Waals surface area contributed by atoms with E-state index < -0.39 is 0 Å². The van der Waals surface area contributed by atoms with Crippen molar-refractivity contribution >= 4 is 17.3 Å². The van der Waals surface area contributed by atoms with Crippen molar-refractivity contribution in [2.24, 2.45) is 4.99 Å². The van der Waals surface area contributed by atoms with Crippen LogP contribution in [0, 0.1) is 20.8 Å². The number of benzene rings is 1. The molecule has 2 N–H and O–H groups in total. The van der Waals surface area contributed by atoms with Gasteiger partial charge in [-0.25, -0.2) is 4.98 Å². The van der Waals surface area contributed by atoms with Gasteiger partial charge >= 0.3 is 0 Å². The van der Waals surface area contributed by atoms with Gasteiger partial charge in [0.15, 0.2) is 5.96 Å². The lowest BCUT2D eigenvalue weighted by Gasteiger charge is -2.12. The lowest BCUT2D eigenvalue weighted by molar-refractivity contribution is 0.311. The maximum Gasteiger partial charge on any atom is 0.191 e. The van der Waals surface area contributed by atoms with E-state index in [-0.39, 0.29) is 0 Å². The van der Waals surface area contributed by atoms with Gasteiger partial charge in [-0.05, 0) is 39.3 Å². The molecule has 1 aromatic carbocycles. The highest BCUT2D eigenvalue weighted by Gasteiger charge is 2.05. The highest BCUT2D eigenvalue weighted by molar-refractivity contribution is 7.11. The van der Waals surface area contributed by atoms with Crippen molar-refractivity contribution in [1.29, 1.82) is 0 Å². The van der Waals surface area contributed by atoms with E-state index in [0.717, 1.165) is 41.9 Å². The van der Waals surface area contributed by atoms with Crippen LogP contribution in [-0.2, 0) is 6.54 Å². The Morgan fingerprint density at radius 2 is 1.92 bits per heavy atom. The highest BCUT2D eigenvalue weighted by atomic mass is 32.1. The van der Waals surface area contributed by atoms with Crippen molar-refractivity contribution < 1.29 is 4.74 Å². The van der Waals surface area contributed by atoms with Gasteiger partial charge < -0.3 is 15.4 Å². The summed E-state index contributed by atoms with van der Waals surface area (Å²) < 4.78 is 5.72. The third kappa shape index (κ3) is 5.85. The van der Waals surface area contributed by atoms with Gasteiger partial charge in [-0.3, -0.25) is 4.99 Å². The number of hydrogen-bond acceptors (Lipinski definition) is 4. The van der Waals surface area contributed by atoms with Crippen LogP contribution in [0.15, 0.2) is 29.3 Å². The maximum atomic E-state index is 5.72. The summed E-state index contributed by atoms with van der Waals surface area (Å²) >= 11 is 1.72. The smallest absolute Gasteiger partial charge is 0.191 e. The van der Waals surface area contributed by atoms with E-state index in [0.29, 0.717) is 6.61 Å². The minimum Gasteiger partial charge on any atom is -0.494 e. The van der Waals surface area contributed by atoms with Crippen molar-refractivity contribution in [3.05, 3.63) is 45.4 Å². The van der Waals surface area contributed by atoms with Crippen LogP contribution in [-0.4, -0.2) is 31.1 Å². The zero-order valence-corrected chi connectivity index (χ0v) is 15.7. The molecule has 0 aliphatic rings. The van der Waals surface area contributed by atoms with Crippen molar-refractivity contribution in [3.63, 3.8) is 0 Å². The molecular weight excluding hydrogens is 320 g/mol. The number of nitrogens with one attached hydrogen (secondary N) is 2. The standard InChI is InChI=1S/C18H26N4OS/c1-13-6-8-16(9-7-13)23-11-5-10-20-18(19-4)21-12-17-14(2)22-15(3)24-17/h6-9H,5,10-12H2,1-4H3,(H2,19,20,21). The van der Waals surface area contributed by atoms with Gasteiger partial charge in [0.25, 0.3) is 0 Å². The molecule has 0 amide bonds. The normalized spacial score (nSPS) is 11.4. The molecule has 2 aromatic rings. The number of guanidine groups is 1. The average Bonchev–Trinajstić information content (AvgIpc) is 2.89. The van der Waals surface area contributed by atoms with Crippen LogP contribution < -0.4 is 15.4 Å². The summed E-state index contributed by atoms with van der Waals surface area (Å²) in [5.74, 6) is 1.72. The number of rotatable bonds is 7. The molecule has 2 rings (SSSR count). The molecule has 1 heterocycles. The topological polar surface area (TPSA) is 58.5 Å². The largest absolute Gasteiger partial charge is 0.494 e. The summed E-state index contributed by atoms with van der Waals surface area (Å²) in [6, 6.07) is 8.12. The Labute approximate surface area is 148 Å². The predicted octanol–water partition coefficient (Wildman–Crippen LogP) is 3.20. The van der Waals surface area contributed by atoms with E-state index in [4.69, 9.17) is 4.74 Å². The Morgan fingerprint density at radius 1 is 1.17 bits per heavy atom. The van der Waals surface area contributed by atoms with Crippen LogP contribution in [0.1, 0.15) is 27.6 Å². The zero-order valence-electron chi connectivity index (χ0n) is 14.8. The summed E-state index contributed by atoms with van der Waals surface area (Å²) in [6.07, 6.45) is 0.910. The van der Waals surface area contributed by atoms with Gasteiger partial charge in [-0.1, -0.05) is 17.7 Å². The van der Waals surface area contributed by atoms with Gasteiger partial charge in [0, 0.05) is 18.5 Å². The van der Waals surface area contributed by atoms with Crippen LogP contribution in [0.4, 0.5) is 0 Å². The van der Waals surface area contributed by atoms with Gasteiger partial charge in [-0.2, -0.15) is 0 Å². The summed E-state index contributed by atoms with van der Waals surface area (Å²) in [4.78, 5) is 9.93. The summed E-state index contributed by atoms with van der Waals surface area (Å²) in [5.41, 5.74) is 2.33. The molecule has 0 radical (unpaired) electrons. The number of aryl methyl sites for hydroxylation is 3. The fraction of sp³-hybridized carbons (Fsp3) is 0.444. The lowest BCUT2D eigenvalue weighted by Crippen LogP contribution is -2.37. The SMILES string of the molecule is CN=C(NCCCOc1ccc(C)cc1)NCc1sc(C)nc1C. The molecule has 0 fully saturated rings. The van der Waals surface area contributed by atoms with E-state index in [1.54, 1.807) is 18.4 Å². The number of hydrogen-bond donors (Lipinski definition) is 2. The summed E-state index contributed by atoms with van der Waals surface area (Å²) in [5, 5.41) is 7.73. The number of nitrogens with zero attached hydrogens (tertiary/aromatic N) is 2. The molecule has 0 saturated heterocycles. The van der Waals surface area contributed by atoms with Crippen molar-refractivity contribution in [3.8, 4) is 5.75 Å². The molecule has 0 atom stereocenters. The molecule has 0 spiro atoms. The predicted molar refractivity (Wildman–Crippen MR) is 101 cm³/mol. The van der Waals surface area contributed by atoms with Gasteiger partial charge in [0.2, 0.25) is 0 Å². The second kappa shape index (κ2) is 9.27. The molecule has 0 aliphatic heterocycles. The van der Waals surface area contributed by atoms with Crippen LogP contribution in [0.3, 0.4) is 0 Å². The van der Waals surface area contributed by atoms with Gasteiger partial charge in [0.05, 0.1) is 23.9 Å². The molecule has 0 saturated carbocycles. The first-order chi connectivity index (χ1) is 11.6. The van der Waals surface area contributed by atoms with E-state index in [9.17, 15) is 0 Å². The van der Waals surface area contributed by atoms with Crippen LogP contribution >= 0.6 is 11.3 Å². The number of thiazole rings is 1. The first kappa shape index (κ1) is 18.3. The Balaban J connectivity index is 1.64. The van der Waals surface area contributed by atoms with Crippen LogP contribution in [0.2, 0.25) is 0 Å². The molecule has 0 unspecified atom stereocenters. The molecule has 0 bridgehead atoms. The van der Waals surface area contributed by atoms with Crippen molar-refractivity contribution in [2.75, 3.05) is 20.2 Å². The maximum absolute atomic E-state index is 5.72. The van der Waals surface area contributed by atoms with E-state index in [1.807, 2.05) is 26.0 Å². The molecule has 0 aliphatic carbocycles. The molecule has 1 aromatic heterocycles. The van der Waals surface area contributed by atoms with E-state index in [2.05, 4.69) is 39.7 Å². The second-order valence-corrected chi connectivity index (χ2v) is 6.90. The summed E-state index contributed by atoms with van der Waals surface area (Å²) in [7, 11) is 1.78. The molecule has 6 heteroatoms. The first-order valence-electron chi connectivity index (χ1n) is 8.15. The van der Waals surface area contributed by atoms with Gasteiger partial charge in [0.1, 0.15) is 5.75 Å². The van der Waals surface area contributed by atoms with Gasteiger partial charge in [-0.15, -0.1) is 11.3 Å². The Kier molecular flexibility index (Phi) is 7.06. The fourth-order valence-electron chi connectivity index (χ4n) is 2.23. The van der Waals surface area contributed by atoms with Crippen LogP contribution in [0.5, 0.6) is 5.75 Å². The van der Waals surface area contributed by atoms with E-state index in [1.165, 1.54) is 10.4 Å². The summed E-state index contributed by atoms with van der Waals surface area (Å²) in [6.45, 7) is 8.38. The number of aromatic nitrogens is 1. The number of ether oxygens (including phenoxy) is 1. The third-order valence-corrected chi connectivity index (χ3v) is 4.62. The van der Waals surface area contributed by atoms with Crippen LogP contribution in [0.25, 0.3) is 0 Å². The van der Waals surface area contributed by atoms with E-state index >= 15 is 0 Å². The Morgan fingerprint density at radius 3 is 2.54 bits per heavy atom. The second-order valence-electron chi connectivity index (χ2n) is 5.61. The number of aliphatic imine (C=N–C) groups is 1. The lowest BCUT2D eigenvalue weighted by atomic mass is 10.2. The average molecular weight is 347 g/mol. The van der Waals surface area contributed by atoms with Crippen molar-refractivity contribution in [1.82, 2.24) is 15.6 Å². The Bertz CT molecular complexity index is 664. The quantitative estimate of drug-likeness (QED) is 0.459. The monoisotopic (exact) mass is 346 g/mol. The zero-order chi connectivity index (χ0) is 17.4. The van der Waals surface area contributed by atoms with Crippen molar-refractivity contribution in [2.45, 2.75) is 33.7 Å². The first-order valence-corrected chi connectivity index (χ1v) is 8.97. The minimum atomic E-state index is 0.681. The Hall–Kier alpha value is -2.08. The molecule has 5 nitrogen and oxygen atoms in total. The fourth-order valence-corrected chi connectivity index (χ4v) is 3.10.